The van der Waals surface area contributed by atoms with Gasteiger partial charge in [-0.2, -0.15) is 0 Å². The molecule has 0 heterocycles. The molecule has 0 unspecified atom stereocenters. The number of ether oxygens (including phenoxy) is 1. The predicted octanol–water partition coefficient (Wildman–Crippen LogP) is 5.44. The topological polar surface area (TPSA) is 35.2 Å². The molecule has 0 saturated heterocycles. The summed E-state index contributed by atoms with van der Waals surface area (Å²) in [7, 11) is 0. The average Bonchev–Trinajstić information content (AvgIpc) is 2.28. The number of rotatable bonds is 2. The van der Waals surface area contributed by atoms with Crippen molar-refractivity contribution < 1.29 is 4.74 Å². The standard InChI is InChI=1S/C13H10BrCl2NO/c1-7-4-9(2-3-10(7)14)18-13-11(15)5-8(17)6-12(13)16/h2-6H,17H2,1H3. The van der Waals surface area contributed by atoms with Gasteiger partial charge in [0.15, 0.2) is 5.75 Å². The third-order valence-corrected chi connectivity index (χ3v) is 3.82. The van der Waals surface area contributed by atoms with Crippen LogP contribution >= 0.6 is 39.1 Å². The summed E-state index contributed by atoms with van der Waals surface area (Å²) in [5.74, 6) is 1.08. The normalized spacial score (nSPS) is 10.4. The molecule has 0 bridgehead atoms. The summed E-state index contributed by atoms with van der Waals surface area (Å²) < 4.78 is 6.71. The summed E-state index contributed by atoms with van der Waals surface area (Å²) >= 11 is 15.5. The van der Waals surface area contributed by atoms with Crippen LogP contribution in [0.2, 0.25) is 10.0 Å². The van der Waals surface area contributed by atoms with Gasteiger partial charge in [0.1, 0.15) is 5.75 Å². The lowest BCUT2D eigenvalue weighted by Crippen LogP contribution is -1.91. The molecule has 0 aromatic heterocycles. The summed E-state index contributed by atoms with van der Waals surface area (Å²) in [6.45, 7) is 1.98. The zero-order valence-electron chi connectivity index (χ0n) is 9.51. The van der Waals surface area contributed by atoms with E-state index >= 15 is 0 Å². The number of benzene rings is 2. The second-order valence-electron chi connectivity index (χ2n) is 3.83. The fourth-order valence-electron chi connectivity index (χ4n) is 1.48. The zero-order chi connectivity index (χ0) is 13.3. The number of hydrogen-bond donors (Lipinski definition) is 1. The Morgan fingerprint density at radius 3 is 2.28 bits per heavy atom. The quantitative estimate of drug-likeness (QED) is 0.735. The Hall–Kier alpha value is -0.900. The third-order valence-electron chi connectivity index (χ3n) is 2.37. The van der Waals surface area contributed by atoms with Crippen molar-refractivity contribution in [3.8, 4) is 11.5 Å². The van der Waals surface area contributed by atoms with E-state index in [9.17, 15) is 0 Å². The Labute approximate surface area is 124 Å². The van der Waals surface area contributed by atoms with E-state index in [0.29, 0.717) is 27.2 Å². The van der Waals surface area contributed by atoms with E-state index in [1.165, 1.54) is 0 Å². The second-order valence-corrected chi connectivity index (χ2v) is 5.50. The van der Waals surface area contributed by atoms with Gasteiger partial charge < -0.3 is 10.5 Å². The molecule has 0 radical (unpaired) electrons. The summed E-state index contributed by atoms with van der Waals surface area (Å²) in [5, 5.41) is 0.779. The van der Waals surface area contributed by atoms with Gasteiger partial charge in [-0.1, -0.05) is 39.1 Å². The van der Waals surface area contributed by atoms with Crippen molar-refractivity contribution in [2.75, 3.05) is 5.73 Å². The van der Waals surface area contributed by atoms with Gasteiger partial charge in [0.05, 0.1) is 10.0 Å². The van der Waals surface area contributed by atoms with Crippen LogP contribution in [0.1, 0.15) is 5.56 Å². The van der Waals surface area contributed by atoms with Gasteiger partial charge in [0, 0.05) is 10.2 Å². The third kappa shape index (κ3) is 2.91. The maximum Gasteiger partial charge on any atom is 0.164 e. The summed E-state index contributed by atoms with van der Waals surface area (Å²) in [6.07, 6.45) is 0. The van der Waals surface area contributed by atoms with Crippen LogP contribution in [0.3, 0.4) is 0 Å². The lowest BCUT2D eigenvalue weighted by molar-refractivity contribution is 0.482. The van der Waals surface area contributed by atoms with E-state index in [4.69, 9.17) is 33.7 Å². The molecule has 0 spiro atoms. The molecule has 5 heteroatoms. The highest BCUT2D eigenvalue weighted by molar-refractivity contribution is 9.10. The molecule has 0 aliphatic heterocycles. The van der Waals surface area contributed by atoms with E-state index in [-0.39, 0.29) is 0 Å². The molecular formula is C13H10BrCl2NO. The Morgan fingerprint density at radius 2 is 1.72 bits per heavy atom. The molecule has 2 nitrogen and oxygen atoms in total. The van der Waals surface area contributed by atoms with Crippen LogP contribution in [0, 0.1) is 6.92 Å². The Bertz CT molecular complexity index is 579. The van der Waals surface area contributed by atoms with Gasteiger partial charge in [-0.15, -0.1) is 0 Å². The maximum absolute atomic E-state index is 6.06. The van der Waals surface area contributed by atoms with Crippen LogP contribution in [0.4, 0.5) is 5.69 Å². The Morgan fingerprint density at radius 1 is 1.11 bits per heavy atom. The van der Waals surface area contributed by atoms with E-state index in [1.54, 1.807) is 12.1 Å². The fourth-order valence-corrected chi connectivity index (χ4v) is 2.30. The minimum atomic E-state index is 0.389. The minimum Gasteiger partial charge on any atom is -0.454 e. The van der Waals surface area contributed by atoms with Crippen LogP contribution in [0.15, 0.2) is 34.8 Å². The molecule has 0 atom stereocenters. The van der Waals surface area contributed by atoms with Gasteiger partial charge >= 0.3 is 0 Å². The number of aryl methyl sites for hydroxylation is 1. The lowest BCUT2D eigenvalue weighted by atomic mass is 10.2. The number of anilines is 1. The van der Waals surface area contributed by atoms with Gasteiger partial charge in [0.2, 0.25) is 0 Å². The first kappa shape index (κ1) is 13.5. The van der Waals surface area contributed by atoms with E-state index in [0.717, 1.165) is 10.0 Å². The Kier molecular flexibility index (Phi) is 4.05. The predicted molar refractivity (Wildman–Crippen MR) is 79.8 cm³/mol. The first-order chi connectivity index (χ1) is 8.47. The van der Waals surface area contributed by atoms with Crippen molar-refractivity contribution in [2.45, 2.75) is 6.92 Å². The SMILES string of the molecule is Cc1cc(Oc2c(Cl)cc(N)cc2Cl)ccc1Br. The van der Waals surface area contributed by atoms with Crippen molar-refractivity contribution in [3.05, 3.63) is 50.4 Å². The van der Waals surface area contributed by atoms with Crippen molar-refractivity contribution in [3.63, 3.8) is 0 Å². The maximum atomic E-state index is 6.06. The van der Waals surface area contributed by atoms with Crippen LogP contribution in [0.5, 0.6) is 11.5 Å². The van der Waals surface area contributed by atoms with Crippen LogP contribution < -0.4 is 10.5 Å². The number of hydrogen-bond acceptors (Lipinski definition) is 2. The van der Waals surface area contributed by atoms with Gasteiger partial charge in [-0.25, -0.2) is 0 Å². The molecule has 0 fully saturated rings. The zero-order valence-corrected chi connectivity index (χ0v) is 12.6. The van der Waals surface area contributed by atoms with Gasteiger partial charge in [0.25, 0.3) is 0 Å². The van der Waals surface area contributed by atoms with Crippen molar-refractivity contribution in [1.29, 1.82) is 0 Å². The first-order valence-electron chi connectivity index (χ1n) is 5.16. The number of halogens is 3. The molecule has 2 N–H and O–H groups in total. The highest BCUT2D eigenvalue weighted by Gasteiger charge is 2.10. The van der Waals surface area contributed by atoms with Crippen LogP contribution in [-0.4, -0.2) is 0 Å². The van der Waals surface area contributed by atoms with Crippen LogP contribution in [0.25, 0.3) is 0 Å². The molecule has 2 aromatic carbocycles. The highest BCUT2D eigenvalue weighted by Crippen LogP contribution is 2.38. The molecule has 0 saturated carbocycles. The van der Waals surface area contributed by atoms with E-state index < -0.39 is 0 Å². The summed E-state index contributed by atoms with van der Waals surface area (Å²) in [6, 6.07) is 8.85. The monoisotopic (exact) mass is 345 g/mol. The molecule has 0 aliphatic carbocycles. The molecule has 0 aliphatic rings. The van der Waals surface area contributed by atoms with E-state index in [2.05, 4.69) is 15.9 Å². The van der Waals surface area contributed by atoms with Crippen molar-refractivity contribution in [1.82, 2.24) is 0 Å². The minimum absolute atomic E-state index is 0.389. The second kappa shape index (κ2) is 5.39. The smallest absolute Gasteiger partial charge is 0.164 e. The number of nitrogen functional groups attached to an aromatic ring is 1. The Balaban J connectivity index is 2.37. The van der Waals surface area contributed by atoms with Gasteiger partial charge in [-0.3, -0.25) is 0 Å². The van der Waals surface area contributed by atoms with Crippen molar-refractivity contribution >= 4 is 44.8 Å². The first-order valence-corrected chi connectivity index (χ1v) is 6.71. The highest BCUT2D eigenvalue weighted by atomic mass is 79.9. The summed E-state index contributed by atoms with van der Waals surface area (Å²) in [4.78, 5) is 0. The van der Waals surface area contributed by atoms with Crippen molar-refractivity contribution in [2.24, 2.45) is 0 Å². The fraction of sp³-hybridized carbons (Fsp3) is 0.0769. The lowest BCUT2D eigenvalue weighted by Gasteiger charge is -2.11. The van der Waals surface area contributed by atoms with Crippen LogP contribution in [-0.2, 0) is 0 Å². The van der Waals surface area contributed by atoms with E-state index in [1.807, 2.05) is 25.1 Å². The molecule has 2 aromatic rings. The molecule has 94 valence electrons. The average molecular weight is 347 g/mol. The van der Waals surface area contributed by atoms with Gasteiger partial charge in [-0.05, 0) is 42.8 Å². The largest absolute Gasteiger partial charge is 0.454 e. The molecule has 2 rings (SSSR count). The number of nitrogens with two attached hydrogens (primary N) is 1. The molecule has 18 heavy (non-hydrogen) atoms. The molecular weight excluding hydrogens is 337 g/mol. The molecule has 0 amide bonds. The summed E-state index contributed by atoms with van der Waals surface area (Å²) in [5.41, 5.74) is 7.20.